The van der Waals surface area contributed by atoms with Gasteiger partial charge in [0.1, 0.15) is 5.56 Å². The van der Waals surface area contributed by atoms with Gasteiger partial charge in [-0.05, 0) is 30.5 Å². The Kier molecular flexibility index (Phi) is 6.68. The molecule has 1 aliphatic rings. The molecule has 1 fully saturated rings. The Morgan fingerprint density at radius 3 is 2.13 bits per heavy atom. The molecule has 212 valence electrons. The summed E-state index contributed by atoms with van der Waals surface area (Å²) >= 11 is 5.98. The molecule has 6 nitrogen and oxygen atoms in total. The highest BCUT2D eigenvalue weighted by atomic mass is 35.5. The number of aromatic nitrogens is 4. The van der Waals surface area contributed by atoms with Gasteiger partial charge in [-0.25, -0.2) is 9.36 Å². The molecule has 1 saturated carbocycles. The summed E-state index contributed by atoms with van der Waals surface area (Å²) in [5.41, 5.74) is -9.18. The number of halogens is 12. The molecule has 0 saturated heterocycles. The SMILES string of the molecule is Cn1nc(C(F)(F)C(F)(F)F)c(C(F)(F)F)c1-n1ncc(-c2ccc(Cl)c(C(=O)NC3CC3)c2)c1C(F)(F)F. The van der Waals surface area contributed by atoms with Crippen molar-refractivity contribution in [2.75, 3.05) is 0 Å². The monoisotopic (exact) mass is 595 g/mol. The van der Waals surface area contributed by atoms with Crippen LogP contribution in [0.25, 0.3) is 16.9 Å². The molecule has 1 amide bonds. The second kappa shape index (κ2) is 9.09. The van der Waals surface area contributed by atoms with Gasteiger partial charge >= 0.3 is 24.5 Å². The minimum absolute atomic E-state index is 0.164. The smallest absolute Gasteiger partial charge is 0.349 e. The third-order valence-electron chi connectivity index (χ3n) is 5.63. The molecule has 2 aromatic heterocycles. The van der Waals surface area contributed by atoms with Gasteiger partial charge in [-0.2, -0.15) is 58.5 Å². The number of aryl methyl sites for hydroxylation is 1. The van der Waals surface area contributed by atoms with E-state index in [4.69, 9.17) is 11.6 Å². The molecule has 0 bridgehead atoms. The number of hydrogen-bond donors (Lipinski definition) is 1. The quantitative estimate of drug-likeness (QED) is 0.342. The van der Waals surface area contributed by atoms with Crippen LogP contribution in [0.3, 0.4) is 0 Å². The number of nitrogens with one attached hydrogen (secondary N) is 1. The van der Waals surface area contributed by atoms with Crippen LogP contribution < -0.4 is 5.32 Å². The van der Waals surface area contributed by atoms with Crippen molar-refractivity contribution in [2.24, 2.45) is 7.05 Å². The summed E-state index contributed by atoms with van der Waals surface area (Å²) in [5.74, 6) is -8.77. The van der Waals surface area contributed by atoms with Gasteiger partial charge < -0.3 is 5.32 Å². The van der Waals surface area contributed by atoms with Crippen LogP contribution in [0.2, 0.25) is 5.02 Å². The second-order valence-electron chi connectivity index (χ2n) is 8.50. The van der Waals surface area contributed by atoms with Gasteiger partial charge in [0, 0.05) is 18.7 Å². The van der Waals surface area contributed by atoms with Crippen LogP contribution in [0, 0.1) is 0 Å². The van der Waals surface area contributed by atoms with E-state index in [0.29, 0.717) is 26.1 Å². The molecule has 0 unspecified atom stereocenters. The van der Waals surface area contributed by atoms with Gasteiger partial charge in [0.2, 0.25) is 0 Å². The molecule has 2 heterocycles. The van der Waals surface area contributed by atoms with E-state index >= 15 is 0 Å². The molecule has 39 heavy (non-hydrogen) atoms. The number of carbonyl (C=O) groups is 1. The Morgan fingerprint density at radius 2 is 1.62 bits per heavy atom. The van der Waals surface area contributed by atoms with Crippen LogP contribution in [-0.2, 0) is 25.3 Å². The van der Waals surface area contributed by atoms with Gasteiger partial charge in [-0.3, -0.25) is 4.79 Å². The molecule has 4 rings (SSSR count). The number of nitrogens with zero attached hydrogens (tertiary/aromatic N) is 4. The van der Waals surface area contributed by atoms with E-state index < -0.39 is 68.9 Å². The summed E-state index contributed by atoms with van der Waals surface area (Å²) in [7, 11) is 0.449. The lowest BCUT2D eigenvalue weighted by atomic mass is 10.0. The molecule has 1 aromatic carbocycles. The van der Waals surface area contributed by atoms with Crippen LogP contribution in [0.4, 0.5) is 48.3 Å². The van der Waals surface area contributed by atoms with Crippen molar-refractivity contribution >= 4 is 17.5 Å². The molecule has 0 spiro atoms. The van der Waals surface area contributed by atoms with E-state index in [1.54, 1.807) is 0 Å². The fourth-order valence-corrected chi connectivity index (χ4v) is 3.93. The topological polar surface area (TPSA) is 64.7 Å². The van der Waals surface area contributed by atoms with Gasteiger partial charge in [-0.1, -0.05) is 17.7 Å². The van der Waals surface area contributed by atoms with E-state index in [1.165, 1.54) is 0 Å². The van der Waals surface area contributed by atoms with Gasteiger partial charge in [-0.15, -0.1) is 0 Å². The average Bonchev–Trinajstić information content (AvgIpc) is 3.34. The lowest BCUT2D eigenvalue weighted by molar-refractivity contribution is -0.292. The summed E-state index contributed by atoms with van der Waals surface area (Å²) in [5, 5.41) is 8.26. The molecule has 1 aliphatic carbocycles. The fourth-order valence-electron chi connectivity index (χ4n) is 3.72. The van der Waals surface area contributed by atoms with Crippen LogP contribution in [0.1, 0.15) is 40.2 Å². The van der Waals surface area contributed by atoms with Crippen LogP contribution in [0.5, 0.6) is 0 Å². The molecular weight excluding hydrogens is 583 g/mol. The maximum absolute atomic E-state index is 14.2. The molecule has 0 radical (unpaired) electrons. The maximum Gasteiger partial charge on any atom is 0.459 e. The second-order valence-corrected chi connectivity index (χ2v) is 8.91. The molecule has 0 atom stereocenters. The number of benzene rings is 1. The first-order valence-electron chi connectivity index (χ1n) is 10.6. The molecule has 3 aromatic rings. The van der Waals surface area contributed by atoms with Gasteiger partial charge in [0.25, 0.3) is 5.91 Å². The number of hydrogen-bond acceptors (Lipinski definition) is 3. The predicted molar refractivity (Wildman–Crippen MR) is 111 cm³/mol. The summed E-state index contributed by atoms with van der Waals surface area (Å²) < 4.78 is 150. The van der Waals surface area contributed by atoms with Gasteiger partial charge in [0.05, 0.1) is 16.8 Å². The summed E-state index contributed by atoms with van der Waals surface area (Å²) in [6, 6.07) is 2.78. The Hall–Kier alpha value is -3.37. The molecule has 0 aliphatic heterocycles. The van der Waals surface area contributed by atoms with Crippen LogP contribution >= 0.6 is 11.6 Å². The van der Waals surface area contributed by atoms with E-state index in [-0.39, 0.29) is 21.3 Å². The summed E-state index contributed by atoms with van der Waals surface area (Å²) in [6.07, 6.45) is -16.4. The molecular formula is C21H13ClF11N5O. The average molecular weight is 596 g/mol. The fraction of sp³-hybridized carbons (Fsp3) is 0.381. The highest BCUT2D eigenvalue weighted by Gasteiger charge is 2.64. The van der Waals surface area contributed by atoms with Crippen molar-refractivity contribution in [3.63, 3.8) is 0 Å². The predicted octanol–water partition coefficient (Wildman–Crippen LogP) is 6.51. The van der Waals surface area contributed by atoms with Crippen molar-refractivity contribution in [3.8, 4) is 16.9 Å². The zero-order valence-electron chi connectivity index (χ0n) is 19.0. The minimum Gasteiger partial charge on any atom is -0.349 e. The van der Waals surface area contributed by atoms with Crippen molar-refractivity contribution in [1.29, 1.82) is 0 Å². The highest BCUT2D eigenvalue weighted by molar-refractivity contribution is 6.34. The van der Waals surface area contributed by atoms with Crippen molar-refractivity contribution in [2.45, 2.75) is 43.3 Å². The van der Waals surface area contributed by atoms with E-state index in [2.05, 4.69) is 15.5 Å². The third kappa shape index (κ3) is 5.15. The number of amides is 1. The Labute approximate surface area is 215 Å². The standard InChI is InChI=1S/C21H13ClF11N5O/c1-37-17(13(19(25,26)27)14(36-37)18(23,24)21(31,32)33)38-15(20(28,29)30)11(7-34-38)8-2-5-12(22)10(6-8)16(39)35-9-3-4-9/h2,5-7,9H,3-4H2,1H3,(H,35,39). The largest absolute Gasteiger partial charge is 0.459 e. The zero-order chi connectivity index (χ0) is 29.3. The van der Waals surface area contributed by atoms with Gasteiger partial charge in [0.15, 0.2) is 17.2 Å². The first-order chi connectivity index (χ1) is 17.7. The lowest BCUT2D eigenvalue weighted by Gasteiger charge is -2.20. The molecule has 18 heteroatoms. The Morgan fingerprint density at radius 1 is 1.00 bits per heavy atom. The third-order valence-corrected chi connectivity index (χ3v) is 5.96. The van der Waals surface area contributed by atoms with Crippen molar-refractivity contribution in [1.82, 2.24) is 24.9 Å². The van der Waals surface area contributed by atoms with Crippen LogP contribution in [0.15, 0.2) is 24.4 Å². The van der Waals surface area contributed by atoms with E-state index in [9.17, 15) is 53.1 Å². The number of carbonyl (C=O) groups excluding carboxylic acids is 1. The van der Waals surface area contributed by atoms with Crippen molar-refractivity contribution in [3.05, 3.63) is 51.9 Å². The zero-order valence-corrected chi connectivity index (χ0v) is 19.8. The highest BCUT2D eigenvalue weighted by Crippen LogP contribution is 2.50. The maximum atomic E-state index is 14.2. The van der Waals surface area contributed by atoms with E-state index in [1.807, 2.05) is 0 Å². The lowest BCUT2D eigenvalue weighted by Crippen LogP contribution is -2.36. The first kappa shape index (κ1) is 28.6. The summed E-state index contributed by atoms with van der Waals surface area (Å²) in [4.78, 5) is 12.4. The first-order valence-corrected chi connectivity index (χ1v) is 11.0. The number of alkyl halides is 11. The van der Waals surface area contributed by atoms with E-state index in [0.717, 1.165) is 18.2 Å². The van der Waals surface area contributed by atoms with Crippen molar-refractivity contribution < 1.29 is 53.1 Å². The Bertz CT molecular complexity index is 1430. The molecule has 1 N–H and O–H groups in total. The number of rotatable bonds is 5. The summed E-state index contributed by atoms with van der Waals surface area (Å²) in [6.45, 7) is 0. The van der Waals surface area contributed by atoms with Crippen LogP contribution in [-0.4, -0.2) is 37.7 Å². The minimum atomic E-state index is -6.55. The Balaban J connectivity index is 1.96. The normalized spacial score (nSPS) is 15.1.